The summed E-state index contributed by atoms with van der Waals surface area (Å²) in [5.74, 6) is 0.859. The van der Waals surface area contributed by atoms with Gasteiger partial charge in [-0.2, -0.15) is 5.10 Å². The number of rotatable bonds is 6. The van der Waals surface area contributed by atoms with Crippen molar-refractivity contribution in [3.05, 3.63) is 51.9 Å². The quantitative estimate of drug-likeness (QED) is 0.726. The Morgan fingerprint density at radius 2 is 2.23 bits per heavy atom. The molecule has 0 saturated heterocycles. The number of aliphatic hydroxyl groups is 1. The van der Waals surface area contributed by atoms with Gasteiger partial charge in [-0.3, -0.25) is 4.98 Å². The van der Waals surface area contributed by atoms with E-state index < -0.39 is 0 Å². The molecule has 0 aliphatic rings. The van der Waals surface area contributed by atoms with Crippen molar-refractivity contribution < 1.29 is 5.11 Å². The lowest BCUT2D eigenvalue weighted by molar-refractivity contribution is 0.270. The summed E-state index contributed by atoms with van der Waals surface area (Å²) in [6.07, 6.45) is 1.84. The molecule has 0 atom stereocenters. The molecule has 0 aliphatic carbocycles. The zero-order valence-corrected chi connectivity index (χ0v) is 13.3. The lowest BCUT2D eigenvalue weighted by Crippen LogP contribution is -2.09. The van der Waals surface area contributed by atoms with Crippen molar-refractivity contribution in [2.45, 2.75) is 13.1 Å². The maximum atomic E-state index is 9.20. The number of nitrogens with one attached hydrogen (secondary N) is 1. The summed E-state index contributed by atoms with van der Waals surface area (Å²) < 4.78 is 1.76. The van der Waals surface area contributed by atoms with E-state index in [4.69, 9.17) is 11.6 Å². The SMILES string of the molecule is OCCn1nc(-c2cccc(Cl)c2)cc1NCc1cncs1. The first-order chi connectivity index (χ1) is 10.8. The van der Waals surface area contributed by atoms with E-state index in [-0.39, 0.29) is 6.61 Å². The third-order valence-corrected chi connectivity index (χ3v) is 4.15. The number of hydrogen-bond donors (Lipinski definition) is 2. The molecule has 2 N–H and O–H groups in total. The van der Waals surface area contributed by atoms with Crippen LogP contribution < -0.4 is 5.32 Å². The molecule has 0 bridgehead atoms. The van der Waals surface area contributed by atoms with E-state index in [9.17, 15) is 5.11 Å². The Kier molecular flexibility index (Phi) is 4.72. The van der Waals surface area contributed by atoms with E-state index in [0.29, 0.717) is 18.1 Å². The fourth-order valence-corrected chi connectivity index (χ4v) is 2.84. The van der Waals surface area contributed by atoms with Gasteiger partial charge in [-0.15, -0.1) is 11.3 Å². The molecule has 0 amide bonds. The molecule has 22 heavy (non-hydrogen) atoms. The van der Waals surface area contributed by atoms with Crippen LogP contribution in [0.2, 0.25) is 5.02 Å². The van der Waals surface area contributed by atoms with Crippen LogP contribution in [-0.2, 0) is 13.1 Å². The van der Waals surface area contributed by atoms with E-state index in [0.717, 1.165) is 22.0 Å². The summed E-state index contributed by atoms with van der Waals surface area (Å²) in [6, 6.07) is 9.53. The highest BCUT2D eigenvalue weighted by molar-refractivity contribution is 7.09. The molecule has 0 spiro atoms. The highest BCUT2D eigenvalue weighted by atomic mass is 35.5. The number of aliphatic hydroxyl groups excluding tert-OH is 1. The number of hydrogen-bond acceptors (Lipinski definition) is 5. The molecule has 2 aromatic heterocycles. The minimum atomic E-state index is 0.0336. The lowest BCUT2D eigenvalue weighted by atomic mass is 10.1. The van der Waals surface area contributed by atoms with Crippen molar-refractivity contribution in [1.29, 1.82) is 0 Å². The molecule has 0 unspecified atom stereocenters. The molecule has 3 rings (SSSR count). The Morgan fingerprint density at radius 1 is 1.32 bits per heavy atom. The van der Waals surface area contributed by atoms with Crippen LogP contribution >= 0.6 is 22.9 Å². The number of anilines is 1. The van der Waals surface area contributed by atoms with Crippen LogP contribution in [0.25, 0.3) is 11.3 Å². The van der Waals surface area contributed by atoms with Crippen molar-refractivity contribution in [3.63, 3.8) is 0 Å². The van der Waals surface area contributed by atoms with Crippen LogP contribution in [0.1, 0.15) is 4.88 Å². The molecule has 0 fully saturated rings. The van der Waals surface area contributed by atoms with Crippen molar-refractivity contribution in [1.82, 2.24) is 14.8 Å². The van der Waals surface area contributed by atoms with Crippen LogP contribution in [0.15, 0.2) is 42.0 Å². The van der Waals surface area contributed by atoms with Gasteiger partial charge in [0.05, 0.1) is 30.9 Å². The Morgan fingerprint density at radius 3 is 2.95 bits per heavy atom. The highest BCUT2D eigenvalue weighted by Gasteiger charge is 2.10. The second-order valence-corrected chi connectivity index (χ2v) is 6.10. The Hall–Kier alpha value is -1.89. The normalized spacial score (nSPS) is 10.8. The molecule has 5 nitrogen and oxygen atoms in total. The maximum Gasteiger partial charge on any atom is 0.125 e. The summed E-state index contributed by atoms with van der Waals surface area (Å²) in [5.41, 5.74) is 3.58. The third-order valence-electron chi connectivity index (χ3n) is 3.14. The molecule has 0 aliphatic heterocycles. The van der Waals surface area contributed by atoms with Crippen molar-refractivity contribution >= 4 is 28.8 Å². The molecule has 1 aromatic carbocycles. The second-order valence-electron chi connectivity index (χ2n) is 4.69. The molecule has 2 heterocycles. The van der Waals surface area contributed by atoms with E-state index in [2.05, 4.69) is 15.4 Å². The smallest absolute Gasteiger partial charge is 0.125 e. The monoisotopic (exact) mass is 334 g/mol. The second kappa shape index (κ2) is 6.91. The zero-order valence-electron chi connectivity index (χ0n) is 11.7. The number of halogens is 1. The fourth-order valence-electron chi connectivity index (χ4n) is 2.12. The fraction of sp³-hybridized carbons (Fsp3) is 0.200. The molecular formula is C15H15ClN4OS. The van der Waals surface area contributed by atoms with Gasteiger partial charge < -0.3 is 10.4 Å². The van der Waals surface area contributed by atoms with Crippen molar-refractivity contribution in [3.8, 4) is 11.3 Å². The van der Waals surface area contributed by atoms with E-state index in [1.807, 2.05) is 36.5 Å². The molecule has 114 valence electrons. The molecule has 7 heteroatoms. The van der Waals surface area contributed by atoms with Gasteiger partial charge in [0.25, 0.3) is 0 Å². The average molecular weight is 335 g/mol. The first kappa shape index (κ1) is 15.0. The van der Waals surface area contributed by atoms with Gasteiger partial charge in [-0.1, -0.05) is 23.7 Å². The van der Waals surface area contributed by atoms with Crippen LogP contribution in [0.5, 0.6) is 0 Å². The Balaban J connectivity index is 1.85. The van der Waals surface area contributed by atoms with Crippen LogP contribution in [-0.4, -0.2) is 26.5 Å². The van der Waals surface area contributed by atoms with Crippen molar-refractivity contribution in [2.24, 2.45) is 0 Å². The summed E-state index contributed by atoms with van der Waals surface area (Å²) in [5, 5.41) is 17.7. The molecule has 0 saturated carbocycles. The van der Waals surface area contributed by atoms with Crippen LogP contribution in [0.3, 0.4) is 0 Å². The number of aromatic nitrogens is 3. The number of thiazole rings is 1. The van der Waals surface area contributed by atoms with Gasteiger partial charge in [0, 0.05) is 27.7 Å². The van der Waals surface area contributed by atoms with Crippen LogP contribution in [0.4, 0.5) is 5.82 Å². The average Bonchev–Trinajstić information content (AvgIpc) is 3.15. The third kappa shape index (κ3) is 3.47. The summed E-state index contributed by atoms with van der Waals surface area (Å²) >= 11 is 7.63. The molecular weight excluding hydrogens is 320 g/mol. The molecule has 3 aromatic rings. The first-order valence-corrected chi connectivity index (χ1v) is 8.08. The van der Waals surface area contributed by atoms with Gasteiger partial charge in [0.15, 0.2) is 0 Å². The first-order valence-electron chi connectivity index (χ1n) is 6.82. The largest absolute Gasteiger partial charge is 0.394 e. The minimum Gasteiger partial charge on any atom is -0.394 e. The Labute approximate surface area is 137 Å². The van der Waals surface area contributed by atoms with E-state index in [1.165, 1.54) is 0 Å². The zero-order chi connectivity index (χ0) is 15.4. The van der Waals surface area contributed by atoms with Gasteiger partial charge in [0.1, 0.15) is 5.82 Å². The van der Waals surface area contributed by atoms with Crippen molar-refractivity contribution in [2.75, 3.05) is 11.9 Å². The summed E-state index contributed by atoms with van der Waals surface area (Å²) in [7, 11) is 0. The van der Waals surface area contributed by atoms with Gasteiger partial charge >= 0.3 is 0 Å². The lowest BCUT2D eigenvalue weighted by Gasteiger charge is -2.06. The number of benzene rings is 1. The minimum absolute atomic E-state index is 0.0336. The Bertz CT molecular complexity index is 742. The van der Waals surface area contributed by atoms with E-state index >= 15 is 0 Å². The maximum absolute atomic E-state index is 9.20. The van der Waals surface area contributed by atoms with Gasteiger partial charge in [0.2, 0.25) is 0 Å². The highest BCUT2D eigenvalue weighted by Crippen LogP contribution is 2.25. The van der Waals surface area contributed by atoms with E-state index in [1.54, 1.807) is 21.5 Å². The molecule has 0 radical (unpaired) electrons. The predicted octanol–water partition coefficient (Wildman–Crippen LogP) is 3.26. The topological polar surface area (TPSA) is 63.0 Å². The van der Waals surface area contributed by atoms with Gasteiger partial charge in [-0.05, 0) is 12.1 Å². The number of nitrogens with zero attached hydrogens (tertiary/aromatic N) is 3. The van der Waals surface area contributed by atoms with Crippen LogP contribution in [0, 0.1) is 0 Å². The van der Waals surface area contributed by atoms with Gasteiger partial charge in [-0.25, -0.2) is 4.68 Å². The standard InChI is InChI=1S/C15H15ClN4OS/c16-12-3-1-2-11(6-12)14-7-15(20(19-14)4-5-21)18-9-13-8-17-10-22-13/h1-3,6-8,10,18,21H,4-5,9H2. The summed E-state index contributed by atoms with van der Waals surface area (Å²) in [6.45, 7) is 1.15. The summed E-state index contributed by atoms with van der Waals surface area (Å²) in [4.78, 5) is 5.20. The predicted molar refractivity (Wildman–Crippen MR) is 89.2 cm³/mol.